The van der Waals surface area contributed by atoms with Gasteiger partial charge in [0.25, 0.3) is 0 Å². The lowest BCUT2D eigenvalue weighted by molar-refractivity contribution is -0.136. The highest BCUT2D eigenvalue weighted by molar-refractivity contribution is 5.59. The number of nitrogens with one attached hydrogen (secondary N) is 1. The van der Waals surface area contributed by atoms with Crippen molar-refractivity contribution < 1.29 is 13.2 Å². The molecule has 1 aromatic carbocycles. The first-order valence-electron chi connectivity index (χ1n) is 6.57. The normalized spacial score (nSPS) is 17.9. The second-order valence-electron chi connectivity index (χ2n) is 5.36. The predicted molar refractivity (Wildman–Crippen MR) is 70.9 cm³/mol. The van der Waals surface area contributed by atoms with Gasteiger partial charge in [-0.15, -0.1) is 0 Å². The van der Waals surface area contributed by atoms with Crippen LogP contribution in [0.4, 0.5) is 24.5 Å². The Kier molecular flexibility index (Phi) is 3.65. The molecular weight excluding hydrogens is 253 g/mol. The van der Waals surface area contributed by atoms with E-state index < -0.39 is 11.7 Å². The third kappa shape index (κ3) is 2.96. The minimum Gasteiger partial charge on any atom is -0.399 e. The molecule has 0 saturated heterocycles. The van der Waals surface area contributed by atoms with Gasteiger partial charge in [0, 0.05) is 17.9 Å². The van der Waals surface area contributed by atoms with E-state index in [0.717, 1.165) is 25.3 Å². The van der Waals surface area contributed by atoms with Gasteiger partial charge in [-0.1, -0.05) is 13.3 Å². The quantitative estimate of drug-likeness (QED) is 0.803. The molecular formula is C14H19F3N2. The van der Waals surface area contributed by atoms with E-state index >= 15 is 0 Å². The molecule has 1 saturated carbocycles. The van der Waals surface area contributed by atoms with Crippen LogP contribution in [0.1, 0.15) is 38.2 Å². The van der Waals surface area contributed by atoms with Crippen molar-refractivity contribution in [2.75, 3.05) is 17.6 Å². The molecule has 0 radical (unpaired) electrons. The summed E-state index contributed by atoms with van der Waals surface area (Å²) in [6.45, 7) is 2.69. The average molecular weight is 272 g/mol. The zero-order valence-electron chi connectivity index (χ0n) is 11.0. The lowest BCUT2D eigenvalue weighted by Crippen LogP contribution is -2.36. The van der Waals surface area contributed by atoms with E-state index in [9.17, 15) is 13.2 Å². The van der Waals surface area contributed by atoms with E-state index in [0.29, 0.717) is 6.54 Å². The maximum absolute atomic E-state index is 12.9. The van der Waals surface area contributed by atoms with Gasteiger partial charge in [-0.05, 0) is 42.9 Å². The number of alkyl halides is 3. The van der Waals surface area contributed by atoms with Crippen molar-refractivity contribution in [3.63, 3.8) is 0 Å². The Morgan fingerprint density at radius 2 is 2.00 bits per heavy atom. The topological polar surface area (TPSA) is 38.0 Å². The molecule has 0 unspecified atom stereocenters. The van der Waals surface area contributed by atoms with Crippen LogP contribution in [-0.2, 0) is 6.18 Å². The van der Waals surface area contributed by atoms with Crippen LogP contribution in [0.3, 0.4) is 0 Å². The van der Waals surface area contributed by atoms with Crippen molar-refractivity contribution >= 4 is 11.4 Å². The third-order valence-corrected chi connectivity index (χ3v) is 4.17. The van der Waals surface area contributed by atoms with Crippen molar-refractivity contribution in [3.8, 4) is 0 Å². The number of nitrogen functional groups attached to an aromatic ring is 1. The lowest BCUT2D eigenvalue weighted by atomic mass is 9.67. The summed E-state index contributed by atoms with van der Waals surface area (Å²) in [5.74, 6) is 0. The molecule has 3 N–H and O–H groups in total. The molecule has 0 spiro atoms. The molecule has 106 valence electrons. The van der Waals surface area contributed by atoms with Crippen LogP contribution in [0.5, 0.6) is 0 Å². The Morgan fingerprint density at radius 3 is 2.47 bits per heavy atom. The molecule has 2 nitrogen and oxygen atoms in total. The molecule has 1 fully saturated rings. The van der Waals surface area contributed by atoms with Crippen molar-refractivity contribution in [2.24, 2.45) is 5.41 Å². The molecule has 0 heterocycles. The van der Waals surface area contributed by atoms with Gasteiger partial charge in [0.05, 0.1) is 5.56 Å². The van der Waals surface area contributed by atoms with Crippen LogP contribution in [0.25, 0.3) is 0 Å². The zero-order chi connectivity index (χ0) is 14.1. The van der Waals surface area contributed by atoms with Crippen molar-refractivity contribution in [1.82, 2.24) is 0 Å². The molecule has 0 atom stereocenters. The fraction of sp³-hybridized carbons (Fsp3) is 0.571. The average Bonchev–Trinajstić information content (AvgIpc) is 2.28. The maximum Gasteiger partial charge on any atom is 0.418 e. The van der Waals surface area contributed by atoms with Crippen LogP contribution >= 0.6 is 0 Å². The van der Waals surface area contributed by atoms with E-state index in [2.05, 4.69) is 12.2 Å². The van der Waals surface area contributed by atoms with Crippen LogP contribution in [0.15, 0.2) is 18.2 Å². The highest BCUT2D eigenvalue weighted by Gasteiger charge is 2.37. The Hall–Kier alpha value is -1.39. The zero-order valence-corrected chi connectivity index (χ0v) is 11.0. The number of hydrogen-bond acceptors (Lipinski definition) is 2. The summed E-state index contributed by atoms with van der Waals surface area (Å²) < 4.78 is 38.8. The summed E-state index contributed by atoms with van der Waals surface area (Å²) in [5.41, 5.74) is 5.19. The van der Waals surface area contributed by atoms with Gasteiger partial charge in [0.2, 0.25) is 0 Å². The standard InChI is InChI=1S/C14H19F3N2/c1-2-13(6-3-7-13)9-19-12-5-4-10(18)8-11(12)14(15,16)17/h4-5,8,19H,2-3,6-7,9,18H2,1H3. The summed E-state index contributed by atoms with van der Waals surface area (Å²) >= 11 is 0. The van der Waals surface area contributed by atoms with Crippen LogP contribution < -0.4 is 11.1 Å². The van der Waals surface area contributed by atoms with Crippen LogP contribution in [0.2, 0.25) is 0 Å². The molecule has 0 aliphatic heterocycles. The maximum atomic E-state index is 12.9. The molecule has 0 aromatic heterocycles. The Bertz CT molecular complexity index is 445. The number of rotatable bonds is 4. The monoisotopic (exact) mass is 272 g/mol. The Labute approximate surface area is 111 Å². The van der Waals surface area contributed by atoms with Crippen molar-refractivity contribution in [2.45, 2.75) is 38.8 Å². The van der Waals surface area contributed by atoms with Gasteiger partial charge in [0.15, 0.2) is 0 Å². The molecule has 19 heavy (non-hydrogen) atoms. The minimum absolute atomic E-state index is 0.126. The van der Waals surface area contributed by atoms with Crippen molar-refractivity contribution in [1.29, 1.82) is 0 Å². The highest BCUT2D eigenvalue weighted by atomic mass is 19.4. The molecule has 5 heteroatoms. The summed E-state index contributed by atoms with van der Waals surface area (Å²) in [7, 11) is 0. The predicted octanol–water partition coefficient (Wildman–Crippen LogP) is 4.28. The summed E-state index contributed by atoms with van der Waals surface area (Å²) in [4.78, 5) is 0. The van der Waals surface area contributed by atoms with Gasteiger partial charge in [-0.2, -0.15) is 13.2 Å². The summed E-state index contributed by atoms with van der Waals surface area (Å²) in [6.07, 6.45) is -0.0317. The number of nitrogens with two attached hydrogens (primary N) is 1. The van der Waals surface area contributed by atoms with Crippen LogP contribution in [-0.4, -0.2) is 6.54 Å². The van der Waals surface area contributed by atoms with Crippen molar-refractivity contribution in [3.05, 3.63) is 23.8 Å². The van der Waals surface area contributed by atoms with Crippen LogP contribution in [0, 0.1) is 5.41 Å². The molecule has 0 bridgehead atoms. The largest absolute Gasteiger partial charge is 0.418 e. The number of anilines is 2. The Morgan fingerprint density at radius 1 is 1.32 bits per heavy atom. The molecule has 0 amide bonds. The molecule has 1 aromatic rings. The molecule has 1 aliphatic carbocycles. The van der Waals surface area contributed by atoms with Gasteiger partial charge < -0.3 is 11.1 Å². The van der Waals surface area contributed by atoms with E-state index in [1.54, 1.807) is 0 Å². The van der Waals surface area contributed by atoms with Gasteiger partial charge in [-0.25, -0.2) is 0 Å². The van der Waals surface area contributed by atoms with Gasteiger partial charge >= 0.3 is 6.18 Å². The second kappa shape index (κ2) is 4.94. The summed E-state index contributed by atoms with van der Waals surface area (Å²) in [5, 5.41) is 2.97. The van der Waals surface area contributed by atoms with E-state index in [4.69, 9.17) is 5.73 Å². The fourth-order valence-electron chi connectivity index (χ4n) is 2.57. The Balaban J connectivity index is 2.16. The van der Waals surface area contributed by atoms with Gasteiger partial charge in [0.1, 0.15) is 0 Å². The minimum atomic E-state index is -4.38. The number of benzene rings is 1. The fourth-order valence-corrected chi connectivity index (χ4v) is 2.57. The smallest absolute Gasteiger partial charge is 0.399 e. The molecule has 1 aliphatic rings. The highest BCUT2D eigenvalue weighted by Crippen LogP contribution is 2.44. The first-order valence-corrected chi connectivity index (χ1v) is 6.57. The third-order valence-electron chi connectivity index (χ3n) is 4.17. The van der Waals surface area contributed by atoms with Gasteiger partial charge in [-0.3, -0.25) is 0 Å². The number of hydrogen-bond donors (Lipinski definition) is 2. The molecule has 2 rings (SSSR count). The van der Waals surface area contributed by atoms with E-state index in [-0.39, 0.29) is 16.8 Å². The van der Waals surface area contributed by atoms with E-state index in [1.807, 2.05) is 0 Å². The van der Waals surface area contributed by atoms with E-state index in [1.165, 1.54) is 18.6 Å². The number of halogens is 3. The second-order valence-corrected chi connectivity index (χ2v) is 5.36. The SMILES string of the molecule is CCC1(CNc2ccc(N)cc2C(F)(F)F)CCC1. The lowest BCUT2D eigenvalue weighted by Gasteiger charge is -2.41. The first kappa shape index (κ1) is 14.0. The summed E-state index contributed by atoms with van der Waals surface area (Å²) in [6, 6.07) is 3.90. The first-order chi connectivity index (χ1) is 8.86.